The molecule has 1 aliphatic rings. The second kappa shape index (κ2) is 11.5. The third kappa shape index (κ3) is 6.80. The van der Waals surface area contributed by atoms with Crippen LogP contribution >= 0.6 is 12.4 Å². The minimum atomic E-state index is 0. The number of methoxy groups -OCH3 is 1. The minimum Gasteiger partial charge on any atom is -0.383 e. The molecule has 4 nitrogen and oxygen atoms in total. The van der Waals surface area contributed by atoms with Crippen LogP contribution in [0.25, 0.3) is 0 Å². The molecule has 2 N–H and O–H groups in total. The zero-order valence-corrected chi connectivity index (χ0v) is 15.5. The lowest BCUT2D eigenvalue weighted by Crippen LogP contribution is -2.42. The Hall–Kier alpha value is -1.10. The first-order chi connectivity index (χ1) is 11.2. The van der Waals surface area contributed by atoms with E-state index in [1.54, 1.807) is 7.11 Å². The van der Waals surface area contributed by atoms with Gasteiger partial charge in [0.15, 0.2) is 0 Å². The standard InChI is InChI=1S/C19H30N2O2.ClH/c1-23-14-13-21(12-6-9-16-7-3-2-4-8-16)19(22)17-10-5-11-18(20)15-17;/h2-4,7-8,17-18H,5-6,9-15,20H2,1H3;1H. The molecular weight excluding hydrogens is 324 g/mol. The summed E-state index contributed by atoms with van der Waals surface area (Å²) in [5, 5.41) is 0. The Morgan fingerprint density at radius 2 is 2.00 bits per heavy atom. The van der Waals surface area contributed by atoms with Crippen molar-refractivity contribution in [1.82, 2.24) is 4.90 Å². The summed E-state index contributed by atoms with van der Waals surface area (Å²) >= 11 is 0. The molecule has 1 fully saturated rings. The average Bonchev–Trinajstić information content (AvgIpc) is 2.58. The molecule has 136 valence electrons. The van der Waals surface area contributed by atoms with E-state index in [1.807, 2.05) is 11.0 Å². The van der Waals surface area contributed by atoms with E-state index in [-0.39, 0.29) is 30.3 Å². The van der Waals surface area contributed by atoms with Crippen molar-refractivity contribution in [3.05, 3.63) is 35.9 Å². The van der Waals surface area contributed by atoms with Gasteiger partial charge < -0.3 is 15.4 Å². The zero-order chi connectivity index (χ0) is 16.5. The van der Waals surface area contributed by atoms with Crippen LogP contribution in [-0.2, 0) is 16.0 Å². The second-order valence-corrected chi connectivity index (χ2v) is 6.53. The third-order valence-corrected chi connectivity index (χ3v) is 4.68. The molecule has 0 saturated heterocycles. The van der Waals surface area contributed by atoms with Gasteiger partial charge in [0, 0.05) is 32.2 Å². The summed E-state index contributed by atoms with van der Waals surface area (Å²) in [5.41, 5.74) is 7.37. The predicted molar refractivity (Wildman–Crippen MR) is 100 cm³/mol. The van der Waals surface area contributed by atoms with E-state index < -0.39 is 0 Å². The van der Waals surface area contributed by atoms with Gasteiger partial charge >= 0.3 is 0 Å². The molecule has 5 heteroatoms. The number of nitrogens with two attached hydrogens (primary N) is 1. The number of nitrogens with zero attached hydrogens (tertiary/aromatic N) is 1. The van der Waals surface area contributed by atoms with Crippen molar-refractivity contribution in [1.29, 1.82) is 0 Å². The number of aryl methyl sites for hydroxylation is 1. The molecule has 0 spiro atoms. The third-order valence-electron chi connectivity index (χ3n) is 4.68. The fourth-order valence-corrected chi connectivity index (χ4v) is 3.36. The molecule has 0 aromatic heterocycles. The topological polar surface area (TPSA) is 55.6 Å². The summed E-state index contributed by atoms with van der Waals surface area (Å²) in [6.07, 6.45) is 5.92. The van der Waals surface area contributed by atoms with E-state index in [2.05, 4.69) is 24.3 Å². The average molecular weight is 355 g/mol. The van der Waals surface area contributed by atoms with Gasteiger partial charge in [0.2, 0.25) is 5.91 Å². The maximum Gasteiger partial charge on any atom is 0.225 e. The van der Waals surface area contributed by atoms with Gasteiger partial charge in [-0.15, -0.1) is 12.4 Å². The number of halogens is 1. The number of hydrogen-bond acceptors (Lipinski definition) is 3. The molecule has 1 aromatic carbocycles. The Labute approximate surface area is 152 Å². The van der Waals surface area contributed by atoms with E-state index in [9.17, 15) is 4.79 Å². The lowest BCUT2D eigenvalue weighted by molar-refractivity contribution is -0.137. The van der Waals surface area contributed by atoms with Crippen LogP contribution in [-0.4, -0.2) is 43.7 Å². The first-order valence-electron chi connectivity index (χ1n) is 8.78. The van der Waals surface area contributed by atoms with Crippen molar-refractivity contribution in [3.8, 4) is 0 Å². The van der Waals surface area contributed by atoms with Crippen LogP contribution in [0.15, 0.2) is 30.3 Å². The first kappa shape index (κ1) is 20.9. The van der Waals surface area contributed by atoms with Gasteiger partial charge in [-0.05, 0) is 37.7 Å². The van der Waals surface area contributed by atoms with Crippen LogP contribution in [0.3, 0.4) is 0 Å². The van der Waals surface area contributed by atoms with Crippen molar-refractivity contribution in [2.24, 2.45) is 11.7 Å². The van der Waals surface area contributed by atoms with Crippen molar-refractivity contribution in [2.45, 2.75) is 44.6 Å². The molecule has 1 aromatic rings. The smallest absolute Gasteiger partial charge is 0.225 e. The van der Waals surface area contributed by atoms with E-state index in [0.29, 0.717) is 13.2 Å². The van der Waals surface area contributed by atoms with Gasteiger partial charge in [0.25, 0.3) is 0 Å². The SMILES string of the molecule is COCCN(CCCc1ccccc1)C(=O)C1CCCC(N)C1.Cl. The molecule has 0 bridgehead atoms. The number of hydrogen-bond donors (Lipinski definition) is 1. The highest BCUT2D eigenvalue weighted by Gasteiger charge is 2.28. The number of carbonyl (C=O) groups is 1. The lowest BCUT2D eigenvalue weighted by Gasteiger charge is -2.31. The summed E-state index contributed by atoms with van der Waals surface area (Å²) in [6, 6.07) is 10.6. The highest BCUT2D eigenvalue weighted by molar-refractivity contribution is 5.85. The number of amides is 1. The van der Waals surface area contributed by atoms with Gasteiger partial charge in [-0.25, -0.2) is 0 Å². The Morgan fingerprint density at radius 3 is 2.67 bits per heavy atom. The number of benzene rings is 1. The second-order valence-electron chi connectivity index (χ2n) is 6.53. The summed E-state index contributed by atoms with van der Waals surface area (Å²) < 4.78 is 5.18. The normalized spacial score (nSPS) is 20.2. The molecule has 1 aliphatic carbocycles. The molecule has 1 saturated carbocycles. The van der Waals surface area contributed by atoms with Crippen molar-refractivity contribution in [2.75, 3.05) is 26.8 Å². The van der Waals surface area contributed by atoms with E-state index >= 15 is 0 Å². The molecule has 2 atom stereocenters. The highest BCUT2D eigenvalue weighted by atomic mass is 35.5. The Morgan fingerprint density at radius 1 is 1.25 bits per heavy atom. The van der Waals surface area contributed by atoms with E-state index in [1.165, 1.54) is 5.56 Å². The van der Waals surface area contributed by atoms with E-state index in [0.717, 1.165) is 45.1 Å². The maximum absolute atomic E-state index is 12.8. The lowest BCUT2D eigenvalue weighted by atomic mass is 9.85. The van der Waals surface area contributed by atoms with Crippen LogP contribution in [0.5, 0.6) is 0 Å². The summed E-state index contributed by atoms with van der Waals surface area (Å²) in [5.74, 6) is 0.373. The zero-order valence-electron chi connectivity index (χ0n) is 14.7. The monoisotopic (exact) mass is 354 g/mol. The molecule has 2 rings (SSSR count). The predicted octanol–water partition coefficient (Wildman–Crippen LogP) is 3.03. The van der Waals surface area contributed by atoms with Crippen LogP contribution in [0.2, 0.25) is 0 Å². The Kier molecular flexibility index (Phi) is 9.99. The molecule has 0 aliphatic heterocycles. The maximum atomic E-state index is 12.8. The van der Waals surface area contributed by atoms with Gasteiger partial charge in [0.05, 0.1) is 6.61 Å². The minimum absolute atomic E-state index is 0. The molecule has 2 unspecified atom stereocenters. The van der Waals surface area contributed by atoms with Crippen LogP contribution < -0.4 is 5.73 Å². The number of ether oxygens (including phenoxy) is 1. The van der Waals surface area contributed by atoms with Crippen molar-refractivity contribution >= 4 is 18.3 Å². The van der Waals surface area contributed by atoms with Gasteiger partial charge in [-0.2, -0.15) is 0 Å². The van der Waals surface area contributed by atoms with Gasteiger partial charge in [0.1, 0.15) is 0 Å². The van der Waals surface area contributed by atoms with Crippen LogP contribution in [0, 0.1) is 5.92 Å². The molecule has 1 amide bonds. The summed E-state index contributed by atoms with van der Waals surface area (Å²) in [4.78, 5) is 14.8. The fourth-order valence-electron chi connectivity index (χ4n) is 3.36. The molecule has 0 heterocycles. The molecule has 24 heavy (non-hydrogen) atoms. The first-order valence-corrected chi connectivity index (χ1v) is 8.78. The summed E-state index contributed by atoms with van der Waals surface area (Å²) in [6.45, 7) is 2.06. The summed E-state index contributed by atoms with van der Waals surface area (Å²) in [7, 11) is 1.68. The van der Waals surface area contributed by atoms with Crippen LogP contribution in [0.4, 0.5) is 0 Å². The van der Waals surface area contributed by atoms with Gasteiger partial charge in [-0.1, -0.05) is 36.8 Å². The fraction of sp³-hybridized carbons (Fsp3) is 0.632. The van der Waals surface area contributed by atoms with Crippen LogP contribution in [0.1, 0.15) is 37.7 Å². The molecular formula is C19H31ClN2O2. The number of carbonyl (C=O) groups excluding carboxylic acids is 1. The largest absolute Gasteiger partial charge is 0.383 e. The van der Waals surface area contributed by atoms with E-state index in [4.69, 9.17) is 10.5 Å². The Bertz CT molecular complexity index is 470. The Balaban J connectivity index is 0.00000288. The molecule has 0 radical (unpaired) electrons. The van der Waals surface area contributed by atoms with Crippen molar-refractivity contribution in [3.63, 3.8) is 0 Å². The highest BCUT2D eigenvalue weighted by Crippen LogP contribution is 2.25. The van der Waals surface area contributed by atoms with Gasteiger partial charge in [-0.3, -0.25) is 4.79 Å². The number of rotatable bonds is 8. The van der Waals surface area contributed by atoms with Crippen molar-refractivity contribution < 1.29 is 9.53 Å². The quantitative estimate of drug-likeness (QED) is 0.780.